The minimum Gasteiger partial charge on any atom is -0.368 e. The first kappa shape index (κ1) is 16.5. The summed E-state index contributed by atoms with van der Waals surface area (Å²) in [6, 6.07) is 4.14. The molecule has 0 spiro atoms. The zero-order valence-electron chi connectivity index (χ0n) is 13.4. The number of amides is 1. The molecular weight excluding hydrogens is 280 g/mol. The van der Waals surface area contributed by atoms with E-state index in [-0.39, 0.29) is 5.91 Å². The third-order valence-corrected chi connectivity index (χ3v) is 5.83. The Morgan fingerprint density at radius 1 is 1.43 bits per heavy atom. The second-order valence-electron chi connectivity index (χ2n) is 7.37. The molecule has 1 fully saturated rings. The number of carbonyl (C=O) groups is 1. The normalized spacial score (nSPS) is 27.3. The number of rotatable bonds is 4. The monoisotopic (exact) mass is 308 g/mol. The van der Waals surface area contributed by atoms with Gasteiger partial charge in [-0.15, -0.1) is 11.3 Å². The summed E-state index contributed by atoms with van der Waals surface area (Å²) in [5.41, 5.74) is 5.55. The van der Waals surface area contributed by atoms with Crippen LogP contribution in [0.25, 0.3) is 0 Å². The maximum atomic E-state index is 12.1. The molecule has 2 unspecified atom stereocenters. The van der Waals surface area contributed by atoms with Crippen LogP contribution < -0.4 is 11.1 Å². The predicted molar refractivity (Wildman–Crippen MR) is 89.1 cm³/mol. The standard InChI is InChI=1S/C17H28N2OS/c1-16(2,3)13-6-4-9-17(10-8-13,15(18)20)19-12-14-7-5-11-21-14/h5,7,11,13,19H,4,6,8-10,12H2,1-3H3,(H2,18,20). The van der Waals surface area contributed by atoms with Gasteiger partial charge >= 0.3 is 0 Å². The molecule has 3 nitrogen and oxygen atoms in total. The first-order chi connectivity index (χ1) is 9.83. The zero-order chi connectivity index (χ0) is 15.5. The van der Waals surface area contributed by atoms with Gasteiger partial charge in [0, 0.05) is 11.4 Å². The van der Waals surface area contributed by atoms with Crippen molar-refractivity contribution in [2.45, 2.75) is 65.0 Å². The summed E-state index contributed by atoms with van der Waals surface area (Å²) in [7, 11) is 0. The van der Waals surface area contributed by atoms with E-state index in [1.165, 1.54) is 11.3 Å². The molecule has 1 aliphatic rings. The quantitative estimate of drug-likeness (QED) is 0.834. The molecule has 1 saturated carbocycles. The number of nitrogens with one attached hydrogen (secondary N) is 1. The molecule has 0 radical (unpaired) electrons. The molecule has 21 heavy (non-hydrogen) atoms. The lowest BCUT2D eigenvalue weighted by Gasteiger charge is -2.32. The molecule has 118 valence electrons. The van der Waals surface area contributed by atoms with Crippen molar-refractivity contribution >= 4 is 17.2 Å². The fourth-order valence-electron chi connectivity index (χ4n) is 3.39. The Hall–Kier alpha value is -0.870. The highest BCUT2D eigenvalue weighted by Gasteiger charge is 2.40. The SMILES string of the molecule is CC(C)(C)C1CCCC(NCc2cccs2)(C(N)=O)CC1. The van der Waals surface area contributed by atoms with Gasteiger partial charge in [-0.3, -0.25) is 10.1 Å². The summed E-state index contributed by atoms with van der Waals surface area (Å²) in [5.74, 6) is 0.482. The number of thiophene rings is 1. The summed E-state index contributed by atoms with van der Waals surface area (Å²) in [4.78, 5) is 13.4. The molecule has 3 N–H and O–H groups in total. The third kappa shape index (κ3) is 4.07. The summed E-state index contributed by atoms with van der Waals surface area (Å²) in [5, 5.41) is 5.55. The second kappa shape index (κ2) is 6.49. The second-order valence-corrected chi connectivity index (χ2v) is 8.41. The van der Waals surface area contributed by atoms with Crippen molar-refractivity contribution in [2.75, 3.05) is 0 Å². The van der Waals surface area contributed by atoms with Crippen LogP contribution in [0.3, 0.4) is 0 Å². The lowest BCUT2D eigenvalue weighted by Crippen LogP contribution is -2.54. The predicted octanol–water partition coefficient (Wildman–Crippen LogP) is 3.69. The highest BCUT2D eigenvalue weighted by molar-refractivity contribution is 7.09. The van der Waals surface area contributed by atoms with E-state index in [2.05, 4.69) is 37.5 Å². The van der Waals surface area contributed by atoms with Gasteiger partial charge in [-0.05, 0) is 48.5 Å². The smallest absolute Gasteiger partial charge is 0.237 e. The van der Waals surface area contributed by atoms with Gasteiger partial charge in [-0.2, -0.15) is 0 Å². The largest absolute Gasteiger partial charge is 0.368 e. The molecule has 2 rings (SSSR count). The highest BCUT2D eigenvalue weighted by atomic mass is 32.1. The van der Waals surface area contributed by atoms with E-state index < -0.39 is 5.54 Å². The molecule has 1 aromatic heterocycles. The van der Waals surface area contributed by atoms with Gasteiger partial charge in [0.25, 0.3) is 0 Å². The molecule has 1 heterocycles. The zero-order valence-corrected chi connectivity index (χ0v) is 14.3. The summed E-state index contributed by atoms with van der Waals surface area (Å²) in [6.45, 7) is 7.64. The average molecular weight is 308 g/mol. The highest BCUT2D eigenvalue weighted by Crippen LogP contribution is 2.39. The number of nitrogens with two attached hydrogens (primary N) is 1. The summed E-state index contributed by atoms with van der Waals surface area (Å²) < 4.78 is 0. The lowest BCUT2D eigenvalue weighted by molar-refractivity contribution is -0.125. The van der Waals surface area contributed by atoms with Crippen LogP contribution in [0.4, 0.5) is 0 Å². The van der Waals surface area contributed by atoms with Crippen molar-refractivity contribution in [3.05, 3.63) is 22.4 Å². The van der Waals surface area contributed by atoms with E-state index in [1.54, 1.807) is 11.3 Å². The molecule has 0 bridgehead atoms. The van der Waals surface area contributed by atoms with Crippen LogP contribution in [0.2, 0.25) is 0 Å². The molecule has 0 saturated heterocycles. The molecule has 1 aliphatic carbocycles. The Morgan fingerprint density at radius 2 is 2.19 bits per heavy atom. The number of hydrogen-bond acceptors (Lipinski definition) is 3. The molecule has 2 atom stereocenters. The van der Waals surface area contributed by atoms with E-state index in [9.17, 15) is 4.79 Å². The molecule has 0 aliphatic heterocycles. The summed E-state index contributed by atoms with van der Waals surface area (Å²) in [6.07, 6.45) is 5.06. The number of primary amides is 1. The Kier molecular flexibility index (Phi) is 5.10. The minimum atomic E-state index is -0.524. The molecule has 4 heteroatoms. The Balaban J connectivity index is 2.06. The Labute approximate surface area is 132 Å². The first-order valence-corrected chi connectivity index (χ1v) is 8.79. The maximum absolute atomic E-state index is 12.1. The van der Waals surface area contributed by atoms with E-state index in [1.807, 2.05) is 6.07 Å². The maximum Gasteiger partial charge on any atom is 0.237 e. The number of hydrogen-bond donors (Lipinski definition) is 2. The third-order valence-electron chi connectivity index (χ3n) is 4.95. The van der Waals surface area contributed by atoms with Gasteiger partial charge in [-0.25, -0.2) is 0 Å². The van der Waals surface area contributed by atoms with Crippen LogP contribution in [0.15, 0.2) is 17.5 Å². The van der Waals surface area contributed by atoms with Crippen molar-refractivity contribution in [2.24, 2.45) is 17.1 Å². The fourth-order valence-corrected chi connectivity index (χ4v) is 4.03. The van der Waals surface area contributed by atoms with Crippen molar-refractivity contribution < 1.29 is 4.79 Å². The fraction of sp³-hybridized carbons (Fsp3) is 0.706. The van der Waals surface area contributed by atoms with Gasteiger partial charge < -0.3 is 5.73 Å². The Morgan fingerprint density at radius 3 is 2.76 bits per heavy atom. The summed E-state index contributed by atoms with van der Waals surface area (Å²) >= 11 is 1.72. The molecule has 1 aromatic rings. The van der Waals surface area contributed by atoms with Crippen molar-refractivity contribution in [3.8, 4) is 0 Å². The number of carbonyl (C=O) groups excluding carboxylic acids is 1. The van der Waals surface area contributed by atoms with Crippen molar-refractivity contribution in [1.82, 2.24) is 5.32 Å². The first-order valence-electron chi connectivity index (χ1n) is 7.91. The van der Waals surface area contributed by atoms with Gasteiger partial charge in [-0.1, -0.05) is 33.3 Å². The van der Waals surface area contributed by atoms with Crippen LogP contribution in [-0.4, -0.2) is 11.4 Å². The van der Waals surface area contributed by atoms with Crippen LogP contribution in [0.5, 0.6) is 0 Å². The van der Waals surface area contributed by atoms with Gasteiger partial charge in [0.15, 0.2) is 0 Å². The van der Waals surface area contributed by atoms with E-state index in [0.717, 1.165) is 32.2 Å². The minimum absolute atomic E-state index is 0.186. The lowest BCUT2D eigenvalue weighted by atomic mass is 9.76. The molecule has 1 amide bonds. The molecular formula is C17H28N2OS. The van der Waals surface area contributed by atoms with Crippen LogP contribution >= 0.6 is 11.3 Å². The van der Waals surface area contributed by atoms with Crippen molar-refractivity contribution in [3.63, 3.8) is 0 Å². The van der Waals surface area contributed by atoms with Crippen LogP contribution in [0, 0.1) is 11.3 Å². The van der Waals surface area contributed by atoms with Gasteiger partial charge in [0.2, 0.25) is 5.91 Å². The topological polar surface area (TPSA) is 55.1 Å². The van der Waals surface area contributed by atoms with Gasteiger partial charge in [0.1, 0.15) is 0 Å². The van der Waals surface area contributed by atoms with E-state index >= 15 is 0 Å². The Bertz CT molecular complexity index is 464. The average Bonchev–Trinajstić information content (AvgIpc) is 2.80. The molecule has 0 aromatic carbocycles. The van der Waals surface area contributed by atoms with Crippen LogP contribution in [-0.2, 0) is 11.3 Å². The van der Waals surface area contributed by atoms with E-state index in [0.29, 0.717) is 11.3 Å². The van der Waals surface area contributed by atoms with Crippen molar-refractivity contribution in [1.29, 1.82) is 0 Å². The van der Waals surface area contributed by atoms with Crippen LogP contribution in [0.1, 0.15) is 57.8 Å². The van der Waals surface area contributed by atoms with E-state index in [4.69, 9.17) is 5.73 Å². The van der Waals surface area contributed by atoms with Gasteiger partial charge in [0.05, 0.1) is 5.54 Å².